The summed E-state index contributed by atoms with van der Waals surface area (Å²) in [6, 6.07) is 19.8. The van der Waals surface area contributed by atoms with Gasteiger partial charge in [-0.3, -0.25) is 14.4 Å². The number of piperazine rings is 1. The molecule has 0 saturated carbocycles. The average Bonchev–Trinajstić information content (AvgIpc) is 2.99. The first kappa shape index (κ1) is 28.2. The highest BCUT2D eigenvalue weighted by Crippen LogP contribution is 2.39. The lowest BCUT2D eigenvalue weighted by atomic mass is 10.0. The molecular formula is C31H33N3O6. The molecular weight excluding hydrogens is 510 g/mol. The van der Waals surface area contributed by atoms with Crippen molar-refractivity contribution < 1.29 is 28.6 Å². The van der Waals surface area contributed by atoms with Crippen molar-refractivity contribution in [2.75, 3.05) is 57.7 Å². The van der Waals surface area contributed by atoms with Gasteiger partial charge in [0.25, 0.3) is 11.8 Å². The predicted molar refractivity (Wildman–Crippen MR) is 154 cm³/mol. The van der Waals surface area contributed by atoms with E-state index in [2.05, 4.69) is 10.2 Å². The Bertz CT molecular complexity index is 1390. The molecule has 1 saturated heterocycles. The minimum Gasteiger partial charge on any atom is -0.496 e. The molecule has 3 aromatic carbocycles. The number of nitrogens with zero attached hydrogens (tertiary/aromatic N) is 2. The molecule has 1 aliphatic heterocycles. The van der Waals surface area contributed by atoms with Crippen LogP contribution >= 0.6 is 0 Å². The van der Waals surface area contributed by atoms with Gasteiger partial charge in [-0.25, -0.2) is 0 Å². The Hall–Kier alpha value is -4.79. The molecule has 0 aromatic heterocycles. The first-order valence-corrected chi connectivity index (χ1v) is 12.9. The van der Waals surface area contributed by atoms with Crippen LogP contribution in [0.2, 0.25) is 0 Å². The number of Topliss-reactive ketones (excluding diaryl/α,β-unsaturated/α-hetero) is 1. The molecule has 1 N–H and O–H groups in total. The third-order valence-electron chi connectivity index (χ3n) is 6.77. The van der Waals surface area contributed by atoms with Gasteiger partial charge in [0.15, 0.2) is 17.3 Å². The van der Waals surface area contributed by atoms with E-state index in [-0.39, 0.29) is 11.4 Å². The van der Waals surface area contributed by atoms with E-state index < -0.39 is 11.8 Å². The van der Waals surface area contributed by atoms with E-state index in [1.54, 1.807) is 53.4 Å². The zero-order valence-electron chi connectivity index (χ0n) is 23.1. The molecule has 3 aromatic rings. The minimum absolute atomic E-state index is 0.0133. The van der Waals surface area contributed by atoms with Crippen molar-refractivity contribution in [3.63, 3.8) is 0 Å². The number of anilines is 2. The molecule has 0 radical (unpaired) electrons. The maximum Gasteiger partial charge on any atom is 0.261 e. The number of methoxy groups -OCH3 is 3. The number of rotatable bonds is 9. The molecule has 208 valence electrons. The third-order valence-corrected chi connectivity index (χ3v) is 6.77. The van der Waals surface area contributed by atoms with Crippen LogP contribution < -0.4 is 24.4 Å². The minimum atomic E-state index is -0.551. The van der Waals surface area contributed by atoms with Gasteiger partial charge >= 0.3 is 0 Å². The van der Waals surface area contributed by atoms with Crippen molar-refractivity contribution >= 4 is 35.0 Å². The Kier molecular flexibility index (Phi) is 9.06. The number of ether oxygens (including phenoxy) is 3. The van der Waals surface area contributed by atoms with E-state index in [1.165, 1.54) is 34.3 Å². The summed E-state index contributed by atoms with van der Waals surface area (Å²) in [4.78, 5) is 42.9. The van der Waals surface area contributed by atoms with Crippen LogP contribution in [0.5, 0.6) is 17.2 Å². The number of carbonyl (C=O) groups excluding carboxylic acids is 3. The molecule has 0 atom stereocenters. The Morgan fingerprint density at radius 2 is 1.40 bits per heavy atom. The normalized spacial score (nSPS) is 13.4. The van der Waals surface area contributed by atoms with Gasteiger partial charge < -0.3 is 29.3 Å². The molecule has 1 aliphatic rings. The van der Waals surface area contributed by atoms with Crippen LogP contribution in [0, 0.1) is 0 Å². The maximum absolute atomic E-state index is 13.9. The molecule has 0 unspecified atom stereocenters. The number of benzene rings is 3. The number of para-hydroxylation sites is 1. The van der Waals surface area contributed by atoms with Crippen molar-refractivity contribution in [2.24, 2.45) is 0 Å². The van der Waals surface area contributed by atoms with Gasteiger partial charge in [0.2, 0.25) is 0 Å². The SMILES string of the molecule is COc1ccc(OC)c(OC)c1C=C(C(=O)Nc1ccccc1)C(=O)N1CCN(c2ccc(C(C)=O)cc2)CC1. The van der Waals surface area contributed by atoms with E-state index in [4.69, 9.17) is 14.2 Å². The van der Waals surface area contributed by atoms with E-state index in [0.717, 1.165) is 5.69 Å². The molecule has 2 amide bonds. The molecule has 1 heterocycles. The van der Waals surface area contributed by atoms with Crippen LogP contribution in [-0.2, 0) is 9.59 Å². The lowest BCUT2D eigenvalue weighted by Gasteiger charge is -2.36. The summed E-state index contributed by atoms with van der Waals surface area (Å²) >= 11 is 0. The van der Waals surface area contributed by atoms with Crippen LogP contribution in [0.3, 0.4) is 0 Å². The van der Waals surface area contributed by atoms with Crippen LogP contribution in [-0.4, -0.2) is 70.0 Å². The Labute approximate surface area is 233 Å². The number of hydrogen-bond donors (Lipinski definition) is 1. The standard InChI is InChI=1S/C31H33N3O6/c1-21(35)22-10-12-24(13-11-22)33-16-18-34(19-17-33)31(37)26(30(36)32-23-8-6-5-7-9-23)20-25-27(38-2)14-15-28(39-3)29(25)40-4/h5-15,20H,16-19H2,1-4H3,(H,32,36). The number of ketones is 1. The summed E-state index contributed by atoms with van der Waals surface area (Å²) in [6.45, 7) is 3.51. The third kappa shape index (κ3) is 6.26. The van der Waals surface area contributed by atoms with Gasteiger partial charge in [-0.15, -0.1) is 0 Å². The van der Waals surface area contributed by atoms with Crippen LogP contribution in [0.15, 0.2) is 72.3 Å². The first-order chi connectivity index (χ1) is 19.4. The summed E-state index contributed by atoms with van der Waals surface area (Å²) < 4.78 is 16.6. The second-order valence-corrected chi connectivity index (χ2v) is 9.18. The highest BCUT2D eigenvalue weighted by atomic mass is 16.5. The first-order valence-electron chi connectivity index (χ1n) is 12.9. The molecule has 0 aliphatic carbocycles. The topological polar surface area (TPSA) is 97.4 Å². The summed E-state index contributed by atoms with van der Waals surface area (Å²) in [5.41, 5.74) is 2.54. The van der Waals surface area contributed by atoms with Crippen LogP contribution in [0.25, 0.3) is 6.08 Å². The molecule has 40 heavy (non-hydrogen) atoms. The summed E-state index contributed by atoms with van der Waals surface area (Å²) in [7, 11) is 4.51. The van der Waals surface area contributed by atoms with Gasteiger partial charge in [0.1, 0.15) is 11.3 Å². The summed E-state index contributed by atoms with van der Waals surface area (Å²) in [6.07, 6.45) is 1.49. The summed E-state index contributed by atoms with van der Waals surface area (Å²) in [5, 5.41) is 2.83. The molecule has 4 rings (SSSR count). The fraction of sp³-hybridized carbons (Fsp3) is 0.258. The van der Waals surface area contributed by atoms with Crippen molar-refractivity contribution in [1.82, 2.24) is 4.90 Å². The number of carbonyl (C=O) groups is 3. The van der Waals surface area contributed by atoms with Crippen molar-refractivity contribution in [3.8, 4) is 17.2 Å². The maximum atomic E-state index is 13.9. The van der Waals surface area contributed by atoms with Gasteiger partial charge in [0.05, 0.1) is 26.9 Å². The molecule has 9 heteroatoms. The second-order valence-electron chi connectivity index (χ2n) is 9.18. The van der Waals surface area contributed by atoms with Gasteiger partial charge in [-0.2, -0.15) is 0 Å². The van der Waals surface area contributed by atoms with Crippen molar-refractivity contribution in [1.29, 1.82) is 0 Å². The average molecular weight is 544 g/mol. The highest BCUT2D eigenvalue weighted by Gasteiger charge is 2.29. The van der Waals surface area contributed by atoms with E-state index in [1.807, 2.05) is 18.2 Å². The Balaban J connectivity index is 1.63. The fourth-order valence-corrected chi connectivity index (χ4v) is 4.58. The lowest BCUT2D eigenvalue weighted by Crippen LogP contribution is -2.50. The second kappa shape index (κ2) is 12.8. The zero-order valence-corrected chi connectivity index (χ0v) is 23.1. The number of hydrogen-bond acceptors (Lipinski definition) is 7. The van der Waals surface area contributed by atoms with Crippen molar-refractivity contribution in [2.45, 2.75) is 6.92 Å². The van der Waals surface area contributed by atoms with Crippen molar-refractivity contribution in [3.05, 3.63) is 83.4 Å². The molecule has 0 spiro atoms. The van der Waals surface area contributed by atoms with Gasteiger partial charge in [0, 0.05) is 43.1 Å². The summed E-state index contributed by atoms with van der Waals surface area (Å²) in [5.74, 6) is 0.263. The lowest BCUT2D eigenvalue weighted by molar-refractivity contribution is -0.129. The van der Waals surface area contributed by atoms with Crippen LogP contribution in [0.4, 0.5) is 11.4 Å². The quantitative estimate of drug-likeness (QED) is 0.186. The fourth-order valence-electron chi connectivity index (χ4n) is 4.58. The smallest absolute Gasteiger partial charge is 0.261 e. The largest absolute Gasteiger partial charge is 0.496 e. The zero-order chi connectivity index (χ0) is 28.6. The van der Waals surface area contributed by atoms with E-state index in [9.17, 15) is 14.4 Å². The van der Waals surface area contributed by atoms with E-state index in [0.29, 0.717) is 60.2 Å². The molecule has 9 nitrogen and oxygen atoms in total. The number of nitrogens with one attached hydrogen (secondary N) is 1. The van der Waals surface area contributed by atoms with Gasteiger partial charge in [-0.05, 0) is 61.5 Å². The number of amides is 2. The van der Waals surface area contributed by atoms with E-state index >= 15 is 0 Å². The molecule has 0 bridgehead atoms. The Morgan fingerprint density at radius 3 is 1.98 bits per heavy atom. The Morgan fingerprint density at radius 1 is 0.775 bits per heavy atom. The van der Waals surface area contributed by atoms with Crippen LogP contribution in [0.1, 0.15) is 22.8 Å². The predicted octanol–water partition coefficient (Wildman–Crippen LogP) is 4.29. The van der Waals surface area contributed by atoms with Gasteiger partial charge in [-0.1, -0.05) is 18.2 Å². The molecule has 1 fully saturated rings. The highest BCUT2D eigenvalue weighted by molar-refractivity contribution is 6.25. The monoisotopic (exact) mass is 543 g/mol.